The van der Waals surface area contributed by atoms with Crippen LogP contribution in [0.4, 0.5) is 0 Å². The molecule has 2 aromatic rings. The molecule has 0 spiro atoms. The van der Waals surface area contributed by atoms with Crippen LogP contribution in [0.3, 0.4) is 0 Å². The Morgan fingerprint density at radius 3 is 2.44 bits per heavy atom. The number of hydrogen-bond donors (Lipinski definition) is 1. The van der Waals surface area contributed by atoms with Crippen molar-refractivity contribution in [2.45, 2.75) is 20.4 Å². The van der Waals surface area contributed by atoms with E-state index in [1.165, 1.54) is 7.11 Å². The van der Waals surface area contributed by atoms with Crippen molar-refractivity contribution in [2.24, 2.45) is 5.92 Å². The quantitative estimate of drug-likeness (QED) is 0.685. The average molecular weight is 371 g/mol. The number of carbonyl (C=O) groups is 2. The highest BCUT2D eigenvalue weighted by atomic mass is 16.5. The Morgan fingerprint density at radius 2 is 1.78 bits per heavy atom. The maximum atomic E-state index is 12.2. The monoisotopic (exact) mass is 371 g/mol. The van der Waals surface area contributed by atoms with Crippen LogP contribution in [0.1, 0.15) is 29.8 Å². The van der Waals surface area contributed by atoms with Gasteiger partial charge in [0, 0.05) is 6.54 Å². The van der Waals surface area contributed by atoms with Crippen LogP contribution in [-0.4, -0.2) is 32.2 Å². The van der Waals surface area contributed by atoms with Gasteiger partial charge in [-0.25, -0.2) is 4.79 Å². The number of rotatable bonds is 9. The van der Waals surface area contributed by atoms with Gasteiger partial charge in [0.05, 0.1) is 19.3 Å². The fourth-order valence-electron chi connectivity index (χ4n) is 2.23. The van der Waals surface area contributed by atoms with Crippen LogP contribution in [0.5, 0.6) is 11.5 Å². The van der Waals surface area contributed by atoms with Crippen LogP contribution < -0.4 is 14.8 Å². The Kier molecular flexibility index (Phi) is 7.67. The van der Waals surface area contributed by atoms with E-state index in [0.29, 0.717) is 36.1 Å². The highest BCUT2D eigenvalue weighted by Gasteiger charge is 2.14. The van der Waals surface area contributed by atoms with Gasteiger partial charge in [0.1, 0.15) is 0 Å². The molecule has 6 nitrogen and oxygen atoms in total. The van der Waals surface area contributed by atoms with Gasteiger partial charge in [0.15, 0.2) is 18.1 Å². The third-order valence-corrected chi connectivity index (χ3v) is 3.64. The molecule has 0 radical (unpaired) electrons. The number of benzene rings is 2. The maximum absolute atomic E-state index is 12.2. The van der Waals surface area contributed by atoms with E-state index in [0.717, 1.165) is 5.56 Å². The first-order chi connectivity index (χ1) is 13.0. The smallest absolute Gasteiger partial charge is 0.338 e. The highest BCUT2D eigenvalue weighted by molar-refractivity contribution is 5.92. The summed E-state index contributed by atoms with van der Waals surface area (Å²) in [6.07, 6.45) is 0. The second-order valence-electron chi connectivity index (χ2n) is 6.41. The lowest BCUT2D eigenvalue weighted by Crippen LogP contribution is -2.28. The van der Waals surface area contributed by atoms with E-state index in [4.69, 9.17) is 14.2 Å². The molecule has 0 saturated heterocycles. The molecular weight excluding hydrogens is 346 g/mol. The molecule has 0 aliphatic carbocycles. The van der Waals surface area contributed by atoms with Crippen molar-refractivity contribution in [3.63, 3.8) is 0 Å². The second-order valence-corrected chi connectivity index (χ2v) is 6.41. The maximum Gasteiger partial charge on any atom is 0.338 e. The lowest BCUT2D eigenvalue weighted by Gasteiger charge is -2.13. The molecule has 27 heavy (non-hydrogen) atoms. The standard InChI is InChI=1S/C21H25NO5/c1-15(2)13-26-18-10-9-17(11-19(18)25-3)21(24)27-14-20(23)22-12-16-7-5-4-6-8-16/h4-11,15H,12-14H2,1-3H3,(H,22,23). The van der Waals surface area contributed by atoms with Gasteiger partial charge < -0.3 is 19.5 Å². The third kappa shape index (κ3) is 6.66. The molecule has 0 heterocycles. The molecular formula is C21H25NO5. The van der Waals surface area contributed by atoms with E-state index >= 15 is 0 Å². The summed E-state index contributed by atoms with van der Waals surface area (Å²) in [5, 5.41) is 2.70. The largest absolute Gasteiger partial charge is 0.493 e. The van der Waals surface area contributed by atoms with Crippen LogP contribution in [0.2, 0.25) is 0 Å². The Hall–Kier alpha value is -3.02. The normalized spacial score (nSPS) is 10.4. The number of nitrogens with one attached hydrogen (secondary N) is 1. The SMILES string of the molecule is COc1cc(C(=O)OCC(=O)NCc2ccccc2)ccc1OCC(C)C. The van der Waals surface area contributed by atoms with Gasteiger partial charge in [-0.3, -0.25) is 4.79 Å². The molecule has 0 aliphatic heterocycles. The minimum absolute atomic E-state index is 0.291. The van der Waals surface area contributed by atoms with Crippen LogP contribution in [0.15, 0.2) is 48.5 Å². The summed E-state index contributed by atoms with van der Waals surface area (Å²) in [5.41, 5.74) is 1.26. The van der Waals surface area contributed by atoms with Crippen LogP contribution >= 0.6 is 0 Å². The van der Waals surface area contributed by atoms with E-state index < -0.39 is 5.97 Å². The van der Waals surface area contributed by atoms with Gasteiger partial charge in [-0.15, -0.1) is 0 Å². The lowest BCUT2D eigenvalue weighted by atomic mass is 10.2. The number of carbonyl (C=O) groups excluding carboxylic acids is 2. The van der Waals surface area contributed by atoms with Gasteiger partial charge in [0.2, 0.25) is 0 Å². The number of hydrogen-bond acceptors (Lipinski definition) is 5. The summed E-state index contributed by atoms with van der Waals surface area (Å²) in [5.74, 6) is 0.408. The van der Waals surface area contributed by atoms with Gasteiger partial charge >= 0.3 is 5.97 Å². The van der Waals surface area contributed by atoms with Crippen LogP contribution in [0.25, 0.3) is 0 Å². The lowest BCUT2D eigenvalue weighted by molar-refractivity contribution is -0.124. The van der Waals surface area contributed by atoms with Crippen molar-refractivity contribution in [3.8, 4) is 11.5 Å². The molecule has 0 aliphatic rings. The molecule has 1 amide bonds. The fraction of sp³-hybridized carbons (Fsp3) is 0.333. The zero-order valence-corrected chi connectivity index (χ0v) is 15.9. The summed E-state index contributed by atoms with van der Waals surface area (Å²) in [7, 11) is 1.50. The predicted molar refractivity (Wildman–Crippen MR) is 102 cm³/mol. The third-order valence-electron chi connectivity index (χ3n) is 3.64. The Bertz CT molecular complexity index is 758. The van der Waals surface area contributed by atoms with Crippen LogP contribution in [-0.2, 0) is 16.1 Å². The van der Waals surface area contributed by atoms with E-state index in [1.54, 1.807) is 18.2 Å². The van der Waals surface area contributed by atoms with Gasteiger partial charge in [-0.2, -0.15) is 0 Å². The predicted octanol–water partition coefficient (Wildman–Crippen LogP) is 3.20. The molecule has 6 heteroatoms. The number of esters is 1. The van der Waals surface area contributed by atoms with Crippen molar-refractivity contribution in [1.29, 1.82) is 0 Å². The summed E-state index contributed by atoms with van der Waals surface area (Å²) in [6, 6.07) is 14.3. The number of methoxy groups -OCH3 is 1. The molecule has 0 unspecified atom stereocenters. The summed E-state index contributed by atoms with van der Waals surface area (Å²) < 4.78 is 16.0. The van der Waals surface area contributed by atoms with Crippen molar-refractivity contribution in [3.05, 3.63) is 59.7 Å². The molecule has 0 saturated carbocycles. The van der Waals surface area contributed by atoms with Crippen molar-refractivity contribution >= 4 is 11.9 Å². The first kappa shape index (κ1) is 20.3. The van der Waals surface area contributed by atoms with Gasteiger partial charge in [-0.05, 0) is 29.7 Å². The number of ether oxygens (including phenoxy) is 3. The highest BCUT2D eigenvalue weighted by Crippen LogP contribution is 2.28. The molecule has 0 fully saturated rings. The molecule has 1 N–H and O–H groups in total. The second kappa shape index (κ2) is 10.2. The summed E-state index contributed by atoms with van der Waals surface area (Å²) in [6.45, 7) is 4.66. The van der Waals surface area contributed by atoms with Gasteiger partial charge in [-0.1, -0.05) is 44.2 Å². The Balaban J connectivity index is 1.86. The first-order valence-corrected chi connectivity index (χ1v) is 8.78. The average Bonchev–Trinajstić information content (AvgIpc) is 2.69. The van der Waals surface area contributed by atoms with Crippen molar-refractivity contribution < 1.29 is 23.8 Å². The molecule has 144 valence electrons. The first-order valence-electron chi connectivity index (χ1n) is 8.78. The van der Waals surface area contributed by atoms with Crippen molar-refractivity contribution in [1.82, 2.24) is 5.32 Å². The molecule has 2 aromatic carbocycles. The fourth-order valence-corrected chi connectivity index (χ4v) is 2.23. The van der Waals surface area contributed by atoms with Crippen LogP contribution in [0, 0.1) is 5.92 Å². The van der Waals surface area contributed by atoms with Crippen molar-refractivity contribution in [2.75, 3.05) is 20.3 Å². The van der Waals surface area contributed by atoms with E-state index in [2.05, 4.69) is 5.32 Å². The molecule has 0 bridgehead atoms. The van der Waals surface area contributed by atoms with Gasteiger partial charge in [0.25, 0.3) is 5.91 Å². The van der Waals surface area contributed by atoms with E-state index in [-0.39, 0.29) is 12.5 Å². The number of amides is 1. The zero-order valence-electron chi connectivity index (χ0n) is 15.9. The molecule has 0 aromatic heterocycles. The van der Waals surface area contributed by atoms with E-state index in [9.17, 15) is 9.59 Å². The zero-order chi connectivity index (χ0) is 19.6. The minimum Gasteiger partial charge on any atom is -0.493 e. The summed E-state index contributed by atoms with van der Waals surface area (Å²) in [4.78, 5) is 24.0. The molecule has 0 atom stereocenters. The minimum atomic E-state index is -0.599. The molecule has 2 rings (SSSR count). The topological polar surface area (TPSA) is 73.9 Å². The Labute approximate surface area is 159 Å². The Morgan fingerprint density at radius 1 is 1.04 bits per heavy atom. The van der Waals surface area contributed by atoms with E-state index in [1.807, 2.05) is 44.2 Å². The summed E-state index contributed by atoms with van der Waals surface area (Å²) >= 11 is 0.